The van der Waals surface area contributed by atoms with E-state index in [2.05, 4.69) is 0 Å². The highest BCUT2D eigenvalue weighted by atomic mass is 32.1. The molecule has 4 aliphatic rings. The van der Waals surface area contributed by atoms with Crippen LogP contribution in [0.3, 0.4) is 0 Å². The second-order valence-corrected chi connectivity index (χ2v) is 12.0. The highest BCUT2D eigenvalue weighted by Crippen LogP contribution is 2.52. The summed E-state index contributed by atoms with van der Waals surface area (Å²) in [7, 11) is 3.77. The first-order chi connectivity index (χ1) is 17.2. The lowest BCUT2D eigenvalue weighted by Gasteiger charge is -2.35. The molecule has 2 aromatic rings. The van der Waals surface area contributed by atoms with Crippen LogP contribution in [0.1, 0.15) is 32.3 Å². The third kappa shape index (κ3) is 3.83. The Morgan fingerprint density at radius 2 is 1.92 bits per heavy atom. The van der Waals surface area contributed by atoms with Crippen LogP contribution in [0, 0.1) is 17.8 Å². The molecule has 0 radical (unpaired) electrons. The van der Waals surface area contributed by atoms with Crippen LogP contribution in [-0.4, -0.2) is 73.0 Å². The lowest BCUT2D eigenvalue weighted by atomic mass is 9.76. The summed E-state index contributed by atoms with van der Waals surface area (Å²) in [5.41, 5.74) is 0.304. The normalized spacial score (nSPS) is 39.4. The maximum atomic E-state index is 13.3. The quantitative estimate of drug-likeness (QED) is 0.350. The number of ether oxygens (including phenoxy) is 4. The van der Waals surface area contributed by atoms with Gasteiger partial charge in [0.15, 0.2) is 0 Å². The molecule has 1 aromatic heterocycles. The van der Waals surface area contributed by atoms with Gasteiger partial charge in [0.25, 0.3) is 0 Å². The molecule has 0 amide bonds. The van der Waals surface area contributed by atoms with E-state index in [0.717, 1.165) is 15.6 Å². The molecule has 9 unspecified atom stereocenters. The Balaban J connectivity index is 1.31. The highest BCUT2D eigenvalue weighted by Gasteiger charge is 2.66. The van der Waals surface area contributed by atoms with E-state index in [9.17, 15) is 14.4 Å². The monoisotopic (exact) mass is 513 g/mol. The largest absolute Gasteiger partial charge is 0.462 e. The van der Waals surface area contributed by atoms with Gasteiger partial charge in [0.05, 0.1) is 29.9 Å². The van der Waals surface area contributed by atoms with Crippen molar-refractivity contribution in [2.75, 3.05) is 14.1 Å². The number of hydrogen-bond donors (Lipinski definition) is 0. The third-order valence-electron chi connectivity index (χ3n) is 8.49. The van der Waals surface area contributed by atoms with Crippen molar-refractivity contribution in [3.05, 3.63) is 35.2 Å². The van der Waals surface area contributed by atoms with Gasteiger partial charge in [0, 0.05) is 17.0 Å². The van der Waals surface area contributed by atoms with Crippen LogP contribution in [0.2, 0.25) is 0 Å². The SMILES string of the molecule is CC1C(=O)OC2CC3(C)OC3C(OC(=O)Cc3csc4ccccc34)C(N(C)C)C3CC(OC3=O)C21. The molecule has 1 aromatic carbocycles. The summed E-state index contributed by atoms with van der Waals surface area (Å²) in [5, 5.41) is 3.04. The van der Waals surface area contributed by atoms with Crippen molar-refractivity contribution in [1.29, 1.82) is 0 Å². The average molecular weight is 514 g/mol. The van der Waals surface area contributed by atoms with E-state index in [1.54, 1.807) is 11.3 Å². The molecule has 8 nitrogen and oxygen atoms in total. The molecule has 3 saturated heterocycles. The summed E-state index contributed by atoms with van der Waals surface area (Å²) in [6, 6.07) is 7.57. The van der Waals surface area contributed by atoms with Crippen molar-refractivity contribution in [2.24, 2.45) is 17.8 Å². The molecular weight excluding hydrogens is 482 g/mol. The number of carbonyl (C=O) groups excluding carboxylic acids is 3. The Morgan fingerprint density at radius 1 is 1.17 bits per heavy atom. The summed E-state index contributed by atoms with van der Waals surface area (Å²) < 4.78 is 25.1. The van der Waals surface area contributed by atoms with Crippen molar-refractivity contribution in [3.8, 4) is 0 Å². The average Bonchev–Trinajstić information content (AvgIpc) is 3.06. The van der Waals surface area contributed by atoms with Crippen LogP contribution >= 0.6 is 11.3 Å². The van der Waals surface area contributed by atoms with Gasteiger partial charge in [-0.2, -0.15) is 0 Å². The predicted octanol–water partition coefficient (Wildman–Crippen LogP) is 2.96. The van der Waals surface area contributed by atoms with Crippen LogP contribution in [0.15, 0.2) is 29.6 Å². The topological polar surface area (TPSA) is 94.7 Å². The second kappa shape index (κ2) is 8.53. The van der Waals surface area contributed by atoms with Crippen LogP contribution in [0.4, 0.5) is 0 Å². The van der Waals surface area contributed by atoms with Crippen LogP contribution in [0.5, 0.6) is 0 Å². The maximum Gasteiger partial charge on any atom is 0.311 e. The Hall–Kier alpha value is -2.49. The molecule has 1 aliphatic carbocycles. The van der Waals surface area contributed by atoms with E-state index in [1.807, 2.05) is 62.5 Å². The van der Waals surface area contributed by atoms with Crippen molar-refractivity contribution in [2.45, 2.75) is 69.2 Å². The minimum Gasteiger partial charge on any atom is -0.462 e. The Bertz CT molecular complexity index is 1230. The van der Waals surface area contributed by atoms with Crippen LogP contribution in [-0.2, 0) is 39.8 Å². The molecule has 3 aliphatic heterocycles. The number of esters is 3. The van der Waals surface area contributed by atoms with E-state index in [1.165, 1.54) is 0 Å². The zero-order valence-electron chi connectivity index (χ0n) is 20.8. The van der Waals surface area contributed by atoms with Gasteiger partial charge < -0.3 is 23.8 Å². The van der Waals surface area contributed by atoms with Gasteiger partial charge in [-0.25, -0.2) is 0 Å². The van der Waals surface area contributed by atoms with Crippen molar-refractivity contribution in [1.82, 2.24) is 4.90 Å². The molecular formula is C27H31NO7S. The molecule has 9 heteroatoms. The number of carbonyl (C=O) groups is 3. The van der Waals surface area contributed by atoms with Gasteiger partial charge in [-0.15, -0.1) is 11.3 Å². The highest BCUT2D eigenvalue weighted by molar-refractivity contribution is 7.17. The lowest BCUT2D eigenvalue weighted by molar-refractivity contribution is -0.158. The summed E-state index contributed by atoms with van der Waals surface area (Å²) in [6.07, 6.45) is -0.816. The zero-order chi connectivity index (χ0) is 25.4. The molecule has 4 heterocycles. The molecule has 6 rings (SSSR count). The minimum atomic E-state index is -0.662. The lowest BCUT2D eigenvalue weighted by Crippen LogP contribution is -2.52. The van der Waals surface area contributed by atoms with E-state index in [-0.39, 0.29) is 36.2 Å². The fraction of sp³-hybridized carbons (Fsp3) is 0.593. The zero-order valence-corrected chi connectivity index (χ0v) is 21.7. The van der Waals surface area contributed by atoms with Gasteiger partial charge >= 0.3 is 17.9 Å². The number of nitrogens with zero attached hydrogens (tertiary/aromatic N) is 1. The smallest absolute Gasteiger partial charge is 0.311 e. The third-order valence-corrected chi connectivity index (χ3v) is 9.50. The van der Waals surface area contributed by atoms with E-state index < -0.39 is 42.0 Å². The first-order valence-corrected chi connectivity index (χ1v) is 13.4. The number of epoxide rings is 1. The molecule has 36 heavy (non-hydrogen) atoms. The second-order valence-electron chi connectivity index (χ2n) is 11.1. The standard InChI is InChI=1S/C27H31NO7S/c1-13-21-17-10-16(26(31)32-17)22(28(3)4)23(24-27(2,35-24)11-18(21)33-25(13)30)34-20(29)9-14-12-36-19-8-6-5-7-15(14)19/h5-8,12-13,16-18,21-24H,9-11H2,1-4H3. The number of thiophene rings is 1. The number of benzene rings is 1. The summed E-state index contributed by atoms with van der Waals surface area (Å²) >= 11 is 1.60. The number of fused-ring (bicyclic) bond motifs is 6. The fourth-order valence-corrected chi connectivity index (χ4v) is 7.61. The van der Waals surface area contributed by atoms with Crippen molar-refractivity contribution < 1.29 is 33.3 Å². The van der Waals surface area contributed by atoms with Gasteiger partial charge in [0.2, 0.25) is 0 Å². The van der Waals surface area contributed by atoms with Crippen molar-refractivity contribution >= 4 is 39.3 Å². The summed E-state index contributed by atoms with van der Waals surface area (Å²) in [5.74, 6) is -2.00. The first-order valence-electron chi connectivity index (χ1n) is 12.6. The van der Waals surface area contributed by atoms with Crippen LogP contribution < -0.4 is 0 Å². The van der Waals surface area contributed by atoms with Gasteiger partial charge in [0.1, 0.15) is 24.4 Å². The van der Waals surface area contributed by atoms with Gasteiger partial charge in [-0.1, -0.05) is 25.1 Å². The first kappa shape index (κ1) is 23.9. The summed E-state index contributed by atoms with van der Waals surface area (Å²) in [4.78, 5) is 40.8. The molecule has 0 N–H and O–H groups in total. The number of rotatable bonds is 4. The minimum absolute atomic E-state index is 0.141. The van der Waals surface area contributed by atoms with E-state index in [0.29, 0.717) is 12.8 Å². The van der Waals surface area contributed by atoms with Crippen LogP contribution in [0.25, 0.3) is 10.1 Å². The Labute approximate surface area is 213 Å². The Morgan fingerprint density at radius 3 is 2.69 bits per heavy atom. The molecule has 4 fully saturated rings. The van der Waals surface area contributed by atoms with Crippen molar-refractivity contribution in [3.63, 3.8) is 0 Å². The number of likely N-dealkylation sites (N-methyl/N-ethyl adjacent to an activating group) is 1. The van der Waals surface area contributed by atoms with E-state index in [4.69, 9.17) is 18.9 Å². The maximum absolute atomic E-state index is 13.3. The Kier molecular flexibility index (Phi) is 5.66. The molecule has 2 bridgehead atoms. The molecule has 9 atom stereocenters. The predicted molar refractivity (Wildman–Crippen MR) is 131 cm³/mol. The molecule has 0 spiro atoms. The summed E-state index contributed by atoms with van der Waals surface area (Å²) in [6.45, 7) is 3.81. The fourth-order valence-electron chi connectivity index (χ4n) is 6.65. The van der Waals surface area contributed by atoms with Gasteiger partial charge in [-0.3, -0.25) is 14.4 Å². The molecule has 1 saturated carbocycles. The number of hydrogen-bond acceptors (Lipinski definition) is 9. The van der Waals surface area contributed by atoms with Gasteiger partial charge in [-0.05, 0) is 49.8 Å². The molecule has 192 valence electrons. The van der Waals surface area contributed by atoms with E-state index >= 15 is 0 Å².